The Morgan fingerprint density at radius 2 is 1.61 bits per heavy atom. The van der Waals surface area contributed by atoms with Crippen molar-refractivity contribution in [2.45, 2.75) is 19.3 Å². The highest BCUT2D eigenvalue weighted by Gasteiger charge is 2.40. The van der Waals surface area contributed by atoms with Gasteiger partial charge in [-0.2, -0.15) is 31.4 Å². The number of hydrogen-bond acceptors (Lipinski definition) is 3. The van der Waals surface area contributed by atoms with Gasteiger partial charge in [0.2, 0.25) is 0 Å². The SMILES string of the molecule is CCNC(=O)c1cnn(-c2ccc(-n3ccc(C(F)(F)F)cc3=O)cc2)c1C(F)(F)F. The van der Waals surface area contributed by atoms with E-state index >= 15 is 0 Å². The van der Waals surface area contributed by atoms with Crippen molar-refractivity contribution in [3.63, 3.8) is 0 Å². The molecule has 12 heteroatoms. The van der Waals surface area contributed by atoms with E-state index in [1.165, 1.54) is 24.3 Å². The summed E-state index contributed by atoms with van der Waals surface area (Å²) in [5.41, 5.74) is -3.94. The minimum Gasteiger partial charge on any atom is -0.352 e. The van der Waals surface area contributed by atoms with Gasteiger partial charge in [0.1, 0.15) is 0 Å². The number of aromatic nitrogens is 3. The second-order valence-corrected chi connectivity index (χ2v) is 6.31. The summed E-state index contributed by atoms with van der Waals surface area (Å²) in [6.07, 6.45) is -7.86. The molecule has 0 aliphatic heterocycles. The first kappa shape index (κ1) is 22.1. The molecule has 0 radical (unpaired) electrons. The summed E-state index contributed by atoms with van der Waals surface area (Å²) in [6, 6.07) is 6.02. The molecule has 1 amide bonds. The summed E-state index contributed by atoms with van der Waals surface area (Å²) in [6.45, 7) is 1.68. The zero-order valence-electron chi connectivity index (χ0n) is 15.8. The van der Waals surface area contributed by atoms with E-state index in [4.69, 9.17) is 0 Å². The maximum atomic E-state index is 13.6. The van der Waals surface area contributed by atoms with Gasteiger partial charge in [-0.1, -0.05) is 0 Å². The van der Waals surface area contributed by atoms with Crippen LogP contribution in [0.1, 0.15) is 28.5 Å². The Kier molecular flexibility index (Phi) is 5.66. The van der Waals surface area contributed by atoms with Crippen molar-refractivity contribution in [2.24, 2.45) is 0 Å². The Morgan fingerprint density at radius 3 is 2.13 bits per heavy atom. The van der Waals surface area contributed by atoms with Crippen LogP contribution < -0.4 is 10.9 Å². The van der Waals surface area contributed by atoms with Crippen LogP contribution in [0.15, 0.2) is 53.6 Å². The van der Waals surface area contributed by atoms with Crippen molar-refractivity contribution in [1.29, 1.82) is 0 Å². The summed E-state index contributed by atoms with van der Waals surface area (Å²) in [5.74, 6) is -0.936. The standard InChI is InChI=1S/C19H14F6N4O2/c1-2-26-17(31)14-10-27-29(16(14)19(23,24)25)13-5-3-12(4-6-13)28-8-7-11(9-15(28)30)18(20,21)22/h3-10H,2H2,1H3,(H,26,31). The molecule has 1 aromatic carbocycles. The highest BCUT2D eigenvalue weighted by molar-refractivity contribution is 5.95. The number of pyridine rings is 1. The fourth-order valence-electron chi connectivity index (χ4n) is 2.86. The monoisotopic (exact) mass is 444 g/mol. The molecule has 31 heavy (non-hydrogen) atoms. The Balaban J connectivity index is 2.01. The van der Waals surface area contributed by atoms with Crippen molar-refractivity contribution in [1.82, 2.24) is 19.7 Å². The molecule has 2 aromatic heterocycles. The number of hydrogen-bond donors (Lipinski definition) is 1. The smallest absolute Gasteiger partial charge is 0.352 e. The van der Waals surface area contributed by atoms with Gasteiger partial charge in [0.25, 0.3) is 11.5 Å². The van der Waals surface area contributed by atoms with E-state index in [9.17, 15) is 35.9 Å². The van der Waals surface area contributed by atoms with Crippen LogP contribution >= 0.6 is 0 Å². The number of carbonyl (C=O) groups is 1. The molecule has 0 spiro atoms. The minimum absolute atomic E-state index is 0.0633. The van der Waals surface area contributed by atoms with E-state index in [0.717, 1.165) is 17.0 Å². The van der Waals surface area contributed by atoms with Gasteiger partial charge in [0, 0.05) is 24.5 Å². The van der Waals surface area contributed by atoms with E-state index < -0.39 is 40.6 Å². The number of benzene rings is 1. The van der Waals surface area contributed by atoms with Crippen molar-refractivity contribution >= 4 is 5.91 Å². The molecular weight excluding hydrogens is 430 g/mol. The fourth-order valence-corrected chi connectivity index (χ4v) is 2.86. The molecule has 0 bridgehead atoms. The first-order valence-electron chi connectivity index (χ1n) is 8.77. The molecule has 0 saturated heterocycles. The molecule has 3 aromatic rings. The Morgan fingerprint density at radius 1 is 1.00 bits per heavy atom. The summed E-state index contributed by atoms with van der Waals surface area (Å²) in [4.78, 5) is 24.0. The lowest BCUT2D eigenvalue weighted by atomic mass is 10.2. The van der Waals surface area contributed by atoms with Crippen LogP contribution in [-0.2, 0) is 12.4 Å². The summed E-state index contributed by atoms with van der Waals surface area (Å²) in [5, 5.41) is 5.94. The van der Waals surface area contributed by atoms with Crippen LogP contribution in [0, 0.1) is 0 Å². The summed E-state index contributed by atoms with van der Waals surface area (Å²) >= 11 is 0. The number of amides is 1. The third-order valence-electron chi connectivity index (χ3n) is 4.24. The molecule has 2 heterocycles. The lowest BCUT2D eigenvalue weighted by Gasteiger charge is -2.13. The maximum absolute atomic E-state index is 13.6. The lowest BCUT2D eigenvalue weighted by molar-refractivity contribution is -0.143. The largest absolute Gasteiger partial charge is 0.434 e. The molecule has 0 aliphatic rings. The van der Waals surface area contributed by atoms with Gasteiger partial charge in [-0.15, -0.1) is 0 Å². The molecule has 6 nitrogen and oxygen atoms in total. The van der Waals surface area contributed by atoms with E-state index in [0.29, 0.717) is 16.8 Å². The number of rotatable bonds is 4. The van der Waals surface area contributed by atoms with Crippen LogP contribution in [0.5, 0.6) is 0 Å². The van der Waals surface area contributed by atoms with E-state index in [2.05, 4.69) is 10.4 Å². The van der Waals surface area contributed by atoms with Gasteiger partial charge < -0.3 is 5.32 Å². The molecule has 0 fully saturated rings. The normalized spacial score (nSPS) is 12.1. The van der Waals surface area contributed by atoms with Crippen molar-refractivity contribution < 1.29 is 31.1 Å². The predicted molar refractivity (Wildman–Crippen MR) is 97.2 cm³/mol. The first-order valence-corrected chi connectivity index (χ1v) is 8.77. The van der Waals surface area contributed by atoms with E-state index in [1.54, 1.807) is 6.92 Å². The van der Waals surface area contributed by atoms with Crippen molar-refractivity contribution in [2.75, 3.05) is 6.54 Å². The van der Waals surface area contributed by atoms with Crippen LogP contribution in [0.25, 0.3) is 11.4 Å². The fraction of sp³-hybridized carbons (Fsp3) is 0.211. The molecule has 0 atom stereocenters. The molecule has 0 unspecified atom stereocenters. The lowest BCUT2D eigenvalue weighted by Crippen LogP contribution is -2.26. The zero-order chi connectivity index (χ0) is 23.0. The predicted octanol–water partition coefficient (Wildman–Crippen LogP) is 3.81. The van der Waals surface area contributed by atoms with Gasteiger partial charge in [-0.3, -0.25) is 14.2 Å². The van der Waals surface area contributed by atoms with Crippen molar-refractivity contribution in [3.05, 3.63) is 76.0 Å². The minimum atomic E-state index is -4.89. The summed E-state index contributed by atoms with van der Waals surface area (Å²) < 4.78 is 80.3. The third-order valence-corrected chi connectivity index (χ3v) is 4.24. The molecule has 3 rings (SSSR count). The average molecular weight is 444 g/mol. The molecule has 0 aliphatic carbocycles. The third kappa shape index (κ3) is 4.47. The molecule has 0 saturated carbocycles. The van der Waals surface area contributed by atoms with E-state index in [1.807, 2.05) is 0 Å². The van der Waals surface area contributed by atoms with Crippen LogP contribution in [0.3, 0.4) is 0 Å². The van der Waals surface area contributed by atoms with Gasteiger partial charge in [0.15, 0.2) is 5.69 Å². The number of carbonyl (C=O) groups excluding carboxylic acids is 1. The zero-order valence-corrected chi connectivity index (χ0v) is 15.8. The Labute approximate surface area is 170 Å². The molecular formula is C19H14F6N4O2. The highest BCUT2D eigenvalue weighted by Crippen LogP contribution is 2.34. The number of alkyl halides is 6. The molecule has 1 N–H and O–H groups in total. The second-order valence-electron chi connectivity index (χ2n) is 6.31. The summed E-state index contributed by atoms with van der Waals surface area (Å²) in [7, 11) is 0. The number of nitrogens with one attached hydrogen (secondary N) is 1. The maximum Gasteiger partial charge on any atom is 0.434 e. The number of halogens is 6. The van der Waals surface area contributed by atoms with Gasteiger partial charge >= 0.3 is 12.4 Å². The topological polar surface area (TPSA) is 68.9 Å². The van der Waals surface area contributed by atoms with Gasteiger partial charge in [-0.25, -0.2) is 4.68 Å². The quantitative estimate of drug-likeness (QED) is 0.623. The first-order chi connectivity index (χ1) is 14.4. The van der Waals surface area contributed by atoms with Crippen LogP contribution in [0.4, 0.5) is 26.3 Å². The van der Waals surface area contributed by atoms with Gasteiger partial charge in [0.05, 0.1) is 23.0 Å². The Hall–Kier alpha value is -3.57. The second kappa shape index (κ2) is 7.93. The highest BCUT2D eigenvalue weighted by atomic mass is 19.4. The average Bonchev–Trinajstić information content (AvgIpc) is 3.13. The van der Waals surface area contributed by atoms with Gasteiger partial charge in [-0.05, 0) is 37.3 Å². The molecule has 164 valence electrons. The Bertz CT molecular complexity index is 1160. The van der Waals surface area contributed by atoms with Crippen molar-refractivity contribution in [3.8, 4) is 11.4 Å². The van der Waals surface area contributed by atoms with Crippen LogP contribution in [-0.4, -0.2) is 26.8 Å². The van der Waals surface area contributed by atoms with Crippen LogP contribution in [0.2, 0.25) is 0 Å². The number of nitrogens with zero attached hydrogens (tertiary/aromatic N) is 3. The van der Waals surface area contributed by atoms with E-state index in [-0.39, 0.29) is 17.9 Å².